The number of thiophene rings is 1. The molecule has 1 rings (SSSR count). The Balaban J connectivity index is 2.09. The maximum absolute atomic E-state index is 11.6. The Morgan fingerprint density at radius 1 is 1.40 bits per heavy atom. The van der Waals surface area contributed by atoms with Gasteiger partial charge in [-0.25, -0.2) is 0 Å². The summed E-state index contributed by atoms with van der Waals surface area (Å²) in [6.07, 6.45) is 3.02. The molecule has 0 bridgehead atoms. The van der Waals surface area contributed by atoms with Crippen LogP contribution in [0, 0.1) is 5.92 Å². The van der Waals surface area contributed by atoms with Crippen molar-refractivity contribution in [1.29, 1.82) is 0 Å². The van der Waals surface area contributed by atoms with E-state index in [-0.39, 0.29) is 18.2 Å². The summed E-state index contributed by atoms with van der Waals surface area (Å²) in [6, 6.07) is 4.09. The molecule has 0 saturated heterocycles. The quantitative estimate of drug-likeness (QED) is 0.707. The average Bonchev–Trinajstić information content (AvgIpc) is 2.79. The topological polar surface area (TPSA) is 66.4 Å². The zero-order valence-corrected chi connectivity index (χ0v) is 13.9. The molecular weight excluding hydrogens is 342 g/mol. The molecule has 0 fully saturated rings. The SMILES string of the molecule is CC(CCC(=O)O)CNC(=O)CCCc1ccc(Br)s1. The number of amides is 1. The molecular formula is C14H20BrNO3S. The smallest absolute Gasteiger partial charge is 0.303 e. The summed E-state index contributed by atoms with van der Waals surface area (Å²) >= 11 is 5.11. The first-order valence-electron chi connectivity index (χ1n) is 6.70. The number of carbonyl (C=O) groups excluding carboxylic acids is 1. The molecule has 0 aromatic carbocycles. The Morgan fingerprint density at radius 2 is 2.15 bits per heavy atom. The number of hydrogen-bond donors (Lipinski definition) is 2. The Labute approximate surface area is 131 Å². The van der Waals surface area contributed by atoms with Crippen LogP contribution in [-0.2, 0) is 16.0 Å². The summed E-state index contributed by atoms with van der Waals surface area (Å²) in [6.45, 7) is 2.50. The summed E-state index contributed by atoms with van der Waals surface area (Å²) in [4.78, 5) is 23.4. The first-order valence-corrected chi connectivity index (χ1v) is 8.31. The van der Waals surface area contributed by atoms with E-state index in [1.165, 1.54) is 4.88 Å². The second-order valence-electron chi connectivity index (χ2n) is 4.90. The third-order valence-corrected chi connectivity index (χ3v) is 4.64. The predicted octanol–water partition coefficient (Wildman–Crippen LogP) is 3.45. The molecule has 112 valence electrons. The fourth-order valence-corrected chi connectivity index (χ4v) is 3.28. The lowest BCUT2D eigenvalue weighted by Crippen LogP contribution is -2.28. The van der Waals surface area contributed by atoms with E-state index >= 15 is 0 Å². The fourth-order valence-electron chi connectivity index (χ4n) is 1.76. The number of carbonyl (C=O) groups is 2. The Kier molecular flexibility index (Phi) is 7.84. The summed E-state index contributed by atoms with van der Waals surface area (Å²) in [5, 5.41) is 11.4. The number of nitrogens with one attached hydrogen (secondary N) is 1. The predicted molar refractivity (Wildman–Crippen MR) is 84.0 cm³/mol. The molecule has 1 atom stereocenters. The van der Waals surface area contributed by atoms with Crippen LogP contribution in [0.5, 0.6) is 0 Å². The van der Waals surface area contributed by atoms with Crippen molar-refractivity contribution < 1.29 is 14.7 Å². The number of aliphatic carboxylic acids is 1. The highest BCUT2D eigenvalue weighted by molar-refractivity contribution is 9.11. The minimum absolute atomic E-state index is 0.0443. The molecule has 0 aliphatic heterocycles. The highest BCUT2D eigenvalue weighted by Gasteiger charge is 2.08. The number of rotatable bonds is 9. The lowest BCUT2D eigenvalue weighted by molar-refractivity contribution is -0.137. The van der Waals surface area contributed by atoms with Gasteiger partial charge in [0.1, 0.15) is 0 Å². The van der Waals surface area contributed by atoms with Crippen LogP contribution in [0.25, 0.3) is 0 Å². The van der Waals surface area contributed by atoms with Gasteiger partial charge in [-0.15, -0.1) is 11.3 Å². The first-order chi connectivity index (χ1) is 9.47. The van der Waals surface area contributed by atoms with Gasteiger partial charge < -0.3 is 10.4 Å². The van der Waals surface area contributed by atoms with Crippen molar-refractivity contribution >= 4 is 39.1 Å². The van der Waals surface area contributed by atoms with Gasteiger partial charge >= 0.3 is 5.97 Å². The molecule has 0 aliphatic carbocycles. The van der Waals surface area contributed by atoms with Crippen LogP contribution in [0.15, 0.2) is 15.9 Å². The van der Waals surface area contributed by atoms with E-state index < -0.39 is 5.97 Å². The maximum Gasteiger partial charge on any atom is 0.303 e. The molecule has 4 nitrogen and oxygen atoms in total. The van der Waals surface area contributed by atoms with Crippen molar-refractivity contribution in [3.8, 4) is 0 Å². The molecule has 0 saturated carbocycles. The van der Waals surface area contributed by atoms with Crippen LogP contribution in [0.3, 0.4) is 0 Å². The highest BCUT2D eigenvalue weighted by atomic mass is 79.9. The van der Waals surface area contributed by atoms with E-state index in [0.29, 0.717) is 19.4 Å². The second kappa shape index (κ2) is 9.13. The van der Waals surface area contributed by atoms with Crippen LogP contribution >= 0.6 is 27.3 Å². The van der Waals surface area contributed by atoms with Crippen molar-refractivity contribution in [1.82, 2.24) is 5.32 Å². The molecule has 0 spiro atoms. The molecule has 1 amide bonds. The van der Waals surface area contributed by atoms with Gasteiger partial charge in [0.25, 0.3) is 0 Å². The van der Waals surface area contributed by atoms with Gasteiger partial charge in [0.2, 0.25) is 5.91 Å². The molecule has 0 aliphatic rings. The van der Waals surface area contributed by atoms with E-state index in [1.807, 2.05) is 13.0 Å². The molecule has 1 unspecified atom stereocenters. The first kappa shape index (κ1) is 17.2. The van der Waals surface area contributed by atoms with Gasteiger partial charge in [0, 0.05) is 24.3 Å². The van der Waals surface area contributed by atoms with Crippen molar-refractivity contribution in [3.05, 3.63) is 20.8 Å². The number of halogens is 1. The van der Waals surface area contributed by atoms with Gasteiger partial charge in [-0.05, 0) is 53.2 Å². The van der Waals surface area contributed by atoms with Gasteiger partial charge in [-0.1, -0.05) is 6.92 Å². The summed E-state index contributed by atoms with van der Waals surface area (Å²) < 4.78 is 1.12. The van der Waals surface area contributed by atoms with E-state index in [2.05, 4.69) is 27.3 Å². The third-order valence-electron chi connectivity index (χ3n) is 2.95. The van der Waals surface area contributed by atoms with Crippen LogP contribution in [0.2, 0.25) is 0 Å². The standard InChI is InChI=1S/C14H20BrNO3S/c1-10(5-8-14(18)19)9-16-13(17)4-2-3-11-6-7-12(15)20-11/h6-7,10H,2-5,8-9H2,1H3,(H,16,17)(H,18,19). The lowest BCUT2D eigenvalue weighted by Gasteiger charge is -2.11. The molecule has 1 aromatic heterocycles. The van der Waals surface area contributed by atoms with Gasteiger partial charge in [0.05, 0.1) is 3.79 Å². The zero-order chi connectivity index (χ0) is 15.0. The summed E-state index contributed by atoms with van der Waals surface area (Å²) in [5.74, 6) is -0.545. The molecule has 1 heterocycles. The lowest BCUT2D eigenvalue weighted by atomic mass is 10.1. The van der Waals surface area contributed by atoms with E-state index in [9.17, 15) is 9.59 Å². The number of carboxylic acids is 1. The monoisotopic (exact) mass is 361 g/mol. The Morgan fingerprint density at radius 3 is 2.75 bits per heavy atom. The summed E-state index contributed by atoms with van der Waals surface area (Å²) in [5.41, 5.74) is 0. The largest absolute Gasteiger partial charge is 0.481 e. The summed E-state index contributed by atoms with van der Waals surface area (Å²) in [7, 11) is 0. The average molecular weight is 362 g/mol. The highest BCUT2D eigenvalue weighted by Crippen LogP contribution is 2.23. The number of hydrogen-bond acceptors (Lipinski definition) is 3. The minimum Gasteiger partial charge on any atom is -0.481 e. The van der Waals surface area contributed by atoms with E-state index in [1.54, 1.807) is 11.3 Å². The second-order valence-corrected chi connectivity index (χ2v) is 7.45. The number of carboxylic acid groups (broad SMARTS) is 1. The van der Waals surface area contributed by atoms with Crippen molar-refractivity contribution in [2.24, 2.45) is 5.92 Å². The van der Waals surface area contributed by atoms with Gasteiger partial charge in [-0.2, -0.15) is 0 Å². The van der Waals surface area contributed by atoms with Crippen LogP contribution < -0.4 is 5.32 Å². The van der Waals surface area contributed by atoms with E-state index in [4.69, 9.17) is 5.11 Å². The minimum atomic E-state index is -0.787. The fraction of sp³-hybridized carbons (Fsp3) is 0.571. The zero-order valence-electron chi connectivity index (χ0n) is 11.5. The van der Waals surface area contributed by atoms with Crippen molar-refractivity contribution in [2.75, 3.05) is 6.54 Å². The molecule has 2 N–H and O–H groups in total. The van der Waals surface area contributed by atoms with Gasteiger partial charge in [-0.3, -0.25) is 9.59 Å². The van der Waals surface area contributed by atoms with Gasteiger partial charge in [0.15, 0.2) is 0 Å². The number of aryl methyl sites for hydroxylation is 1. The maximum atomic E-state index is 11.6. The van der Waals surface area contributed by atoms with Crippen LogP contribution in [0.1, 0.15) is 37.5 Å². The molecule has 6 heteroatoms. The van der Waals surface area contributed by atoms with Crippen LogP contribution in [0.4, 0.5) is 0 Å². The van der Waals surface area contributed by atoms with E-state index in [0.717, 1.165) is 16.6 Å². The van der Waals surface area contributed by atoms with Crippen molar-refractivity contribution in [2.45, 2.75) is 39.0 Å². The molecule has 0 radical (unpaired) electrons. The van der Waals surface area contributed by atoms with Crippen molar-refractivity contribution in [3.63, 3.8) is 0 Å². The third kappa shape index (κ3) is 7.65. The van der Waals surface area contributed by atoms with Crippen LogP contribution in [-0.4, -0.2) is 23.5 Å². The molecule has 1 aromatic rings. The molecule has 20 heavy (non-hydrogen) atoms. The Bertz CT molecular complexity index is 447. The normalized spacial score (nSPS) is 12.1. The Hall–Kier alpha value is -0.880.